The molecular formula is C17H34N2O2. The number of carbonyl (C=O) groups is 1. The van der Waals surface area contributed by atoms with Gasteiger partial charge >= 0.3 is 5.97 Å². The van der Waals surface area contributed by atoms with Crippen molar-refractivity contribution in [3.05, 3.63) is 0 Å². The van der Waals surface area contributed by atoms with Crippen LogP contribution < -0.4 is 5.32 Å². The van der Waals surface area contributed by atoms with Crippen LogP contribution in [0.4, 0.5) is 0 Å². The van der Waals surface area contributed by atoms with Gasteiger partial charge in [-0.05, 0) is 71.0 Å². The van der Waals surface area contributed by atoms with Gasteiger partial charge in [0.15, 0.2) is 0 Å². The molecular weight excluding hydrogens is 264 g/mol. The number of nitrogens with zero attached hydrogens (tertiary/aromatic N) is 1. The number of aliphatic carboxylic acids is 1. The van der Waals surface area contributed by atoms with Gasteiger partial charge in [0, 0.05) is 6.04 Å². The Kier molecular flexibility index (Phi) is 7.14. The molecule has 0 aromatic rings. The third kappa shape index (κ3) is 5.26. The minimum Gasteiger partial charge on any atom is -0.480 e. The van der Waals surface area contributed by atoms with Crippen LogP contribution in [0.2, 0.25) is 0 Å². The van der Waals surface area contributed by atoms with Gasteiger partial charge in [0.25, 0.3) is 0 Å². The van der Waals surface area contributed by atoms with Crippen molar-refractivity contribution in [2.24, 2.45) is 11.8 Å². The largest absolute Gasteiger partial charge is 0.480 e. The van der Waals surface area contributed by atoms with Crippen LogP contribution in [0.25, 0.3) is 0 Å². The monoisotopic (exact) mass is 298 g/mol. The average Bonchev–Trinajstić information content (AvgIpc) is 2.64. The van der Waals surface area contributed by atoms with Gasteiger partial charge in [-0.25, -0.2) is 0 Å². The van der Waals surface area contributed by atoms with E-state index in [1.165, 1.54) is 19.3 Å². The average molecular weight is 298 g/mol. The molecule has 0 amide bonds. The summed E-state index contributed by atoms with van der Waals surface area (Å²) in [4.78, 5) is 14.0. The zero-order chi connectivity index (χ0) is 16.0. The summed E-state index contributed by atoms with van der Waals surface area (Å²) in [5.74, 6) is 0.833. The fraction of sp³-hybridized carbons (Fsp3) is 0.941. The summed E-state index contributed by atoms with van der Waals surface area (Å²) in [6, 6.07) is 0.302. The van der Waals surface area contributed by atoms with E-state index in [9.17, 15) is 9.90 Å². The summed E-state index contributed by atoms with van der Waals surface area (Å²) in [6.45, 7) is 13.5. The maximum Gasteiger partial charge on any atom is 0.323 e. The lowest BCUT2D eigenvalue weighted by Crippen LogP contribution is -2.53. The van der Waals surface area contributed by atoms with E-state index in [0.29, 0.717) is 19.0 Å². The highest BCUT2D eigenvalue weighted by atomic mass is 16.4. The van der Waals surface area contributed by atoms with Crippen LogP contribution in [0.15, 0.2) is 0 Å². The Morgan fingerprint density at radius 3 is 2.52 bits per heavy atom. The molecule has 1 rings (SSSR count). The lowest BCUT2D eigenvalue weighted by molar-refractivity contribution is -0.145. The van der Waals surface area contributed by atoms with E-state index in [4.69, 9.17) is 0 Å². The first-order valence-electron chi connectivity index (χ1n) is 8.52. The molecule has 1 aliphatic rings. The zero-order valence-electron chi connectivity index (χ0n) is 14.5. The van der Waals surface area contributed by atoms with Crippen LogP contribution in [0.5, 0.6) is 0 Å². The Bertz CT molecular complexity index is 333. The van der Waals surface area contributed by atoms with Crippen LogP contribution >= 0.6 is 0 Å². The molecule has 4 nitrogen and oxygen atoms in total. The molecule has 1 heterocycles. The second-order valence-electron chi connectivity index (χ2n) is 7.19. The topological polar surface area (TPSA) is 52.6 Å². The number of hydrogen-bond acceptors (Lipinski definition) is 3. The molecule has 1 aliphatic heterocycles. The summed E-state index contributed by atoms with van der Waals surface area (Å²) in [7, 11) is 0. The first kappa shape index (κ1) is 18.4. The Morgan fingerprint density at radius 1 is 1.33 bits per heavy atom. The third-order valence-electron chi connectivity index (χ3n) is 5.12. The Hall–Kier alpha value is -0.610. The number of rotatable bonds is 7. The highest BCUT2D eigenvalue weighted by Crippen LogP contribution is 2.27. The van der Waals surface area contributed by atoms with Crippen molar-refractivity contribution >= 4 is 5.97 Å². The van der Waals surface area contributed by atoms with Gasteiger partial charge in [0.1, 0.15) is 5.54 Å². The van der Waals surface area contributed by atoms with Gasteiger partial charge in [-0.3, -0.25) is 4.79 Å². The standard InChI is InChI=1S/C17H34N2O2/c1-6-18-17(5,16(20)21)12-14(4)19-10-7-8-15(9-11-19)13(2)3/h13-15,18H,6-12H2,1-5H3,(H,20,21). The van der Waals surface area contributed by atoms with E-state index >= 15 is 0 Å². The molecule has 0 aliphatic carbocycles. The van der Waals surface area contributed by atoms with E-state index in [1.807, 2.05) is 13.8 Å². The van der Waals surface area contributed by atoms with Crippen molar-refractivity contribution < 1.29 is 9.90 Å². The third-order valence-corrected chi connectivity index (χ3v) is 5.12. The van der Waals surface area contributed by atoms with Crippen molar-refractivity contribution in [3.8, 4) is 0 Å². The van der Waals surface area contributed by atoms with E-state index in [-0.39, 0.29) is 0 Å². The predicted octanol–water partition coefficient (Wildman–Crippen LogP) is 2.98. The van der Waals surface area contributed by atoms with Crippen molar-refractivity contribution in [2.75, 3.05) is 19.6 Å². The van der Waals surface area contributed by atoms with E-state index in [1.54, 1.807) is 0 Å². The zero-order valence-corrected chi connectivity index (χ0v) is 14.5. The Morgan fingerprint density at radius 2 is 2.00 bits per heavy atom. The molecule has 21 heavy (non-hydrogen) atoms. The van der Waals surface area contributed by atoms with Crippen molar-refractivity contribution in [1.82, 2.24) is 10.2 Å². The van der Waals surface area contributed by atoms with Crippen molar-refractivity contribution in [3.63, 3.8) is 0 Å². The SMILES string of the molecule is CCNC(C)(CC(C)N1CCCC(C(C)C)CC1)C(=O)O. The quantitative estimate of drug-likeness (QED) is 0.759. The van der Waals surface area contributed by atoms with Crippen molar-refractivity contribution in [1.29, 1.82) is 0 Å². The summed E-state index contributed by atoms with van der Waals surface area (Å²) in [6.07, 6.45) is 4.44. The maximum atomic E-state index is 11.6. The number of likely N-dealkylation sites (tertiary alicyclic amines) is 1. The summed E-state index contributed by atoms with van der Waals surface area (Å²) >= 11 is 0. The summed E-state index contributed by atoms with van der Waals surface area (Å²) in [5.41, 5.74) is -0.822. The van der Waals surface area contributed by atoms with Gasteiger partial charge in [-0.2, -0.15) is 0 Å². The number of hydrogen-bond donors (Lipinski definition) is 2. The van der Waals surface area contributed by atoms with Crippen LogP contribution in [-0.4, -0.2) is 47.2 Å². The first-order chi connectivity index (χ1) is 9.80. The minimum atomic E-state index is -0.822. The maximum absolute atomic E-state index is 11.6. The molecule has 124 valence electrons. The van der Waals surface area contributed by atoms with E-state index < -0.39 is 11.5 Å². The minimum absolute atomic E-state index is 0.302. The molecule has 0 aromatic heterocycles. The molecule has 0 saturated carbocycles. The number of likely N-dealkylation sites (N-methyl/N-ethyl adjacent to an activating group) is 1. The van der Waals surface area contributed by atoms with E-state index in [2.05, 4.69) is 31.0 Å². The highest BCUT2D eigenvalue weighted by molar-refractivity contribution is 5.78. The first-order valence-corrected chi connectivity index (χ1v) is 8.52. The lowest BCUT2D eigenvalue weighted by Gasteiger charge is -2.34. The number of carboxylic acids is 1. The lowest BCUT2D eigenvalue weighted by atomic mass is 9.89. The van der Waals surface area contributed by atoms with Gasteiger partial charge in [-0.15, -0.1) is 0 Å². The van der Waals surface area contributed by atoms with Crippen LogP contribution in [-0.2, 0) is 4.79 Å². The normalized spacial score (nSPS) is 25.3. The Balaban J connectivity index is 2.62. The smallest absolute Gasteiger partial charge is 0.323 e. The molecule has 1 fully saturated rings. The predicted molar refractivity (Wildman–Crippen MR) is 87.5 cm³/mol. The van der Waals surface area contributed by atoms with Crippen molar-refractivity contribution in [2.45, 2.75) is 71.9 Å². The molecule has 4 heteroatoms. The van der Waals surface area contributed by atoms with Gasteiger partial charge in [0.05, 0.1) is 0 Å². The van der Waals surface area contributed by atoms with Gasteiger partial charge < -0.3 is 15.3 Å². The molecule has 3 unspecified atom stereocenters. The second-order valence-corrected chi connectivity index (χ2v) is 7.19. The molecule has 0 radical (unpaired) electrons. The van der Waals surface area contributed by atoms with Crippen LogP contribution in [0.1, 0.15) is 60.3 Å². The summed E-state index contributed by atoms with van der Waals surface area (Å²) < 4.78 is 0. The molecule has 0 bridgehead atoms. The molecule has 1 saturated heterocycles. The van der Waals surface area contributed by atoms with Crippen LogP contribution in [0.3, 0.4) is 0 Å². The fourth-order valence-electron chi connectivity index (χ4n) is 3.60. The van der Waals surface area contributed by atoms with Crippen LogP contribution in [0, 0.1) is 11.8 Å². The number of nitrogens with one attached hydrogen (secondary N) is 1. The van der Waals surface area contributed by atoms with Gasteiger partial charge in [-0.1, -0.05) is 20.8 Å². The van der Waals surface area contributed by atoms with Gasteiger partial charge in [0.2, 0.25) is 0 Å². The Labute approximate surface area is 130 Å². The molecule has 2 N–H and O–H groups in total. The highest BCUT2D eigenvalue weighted by Gasteiger charge is 2.35. The second kappa shape index (κ2) is 8.14. The number of carboxylic acid groups (broad SMARTS) is 1. The molecule has 0 aromatic carbocycles. The van der Waals surface area contributed by atoms with E-state index in [0.717, 1.165) is 24.9 Å². The molecule has 3 atom stereocenters. The molecule has 0 spiro atoms. The summed E-state index contributed by atoms with van der Waals surface area (Å²) in [5, 5.41) is 12.6. The fourth-order valence-corrected chi connectivity index (χ4v) is 3.60.